The topological polar surface area (TPSA) is 70.9 Å². The molecule has 7 nitrogen and oxygen atoms in total. The van der Waals surface area contributed by atoms with Crippen LogP contribution in [0.15, 0.2) is 64.4 Å². The van der Waals surface area contributed by atoms with E-state index < -0.39 is 0 Å². The van der Waals surface area contributed by atoms with E-state index in [0.717, 1.165) is 78.5 Å². The second kappa shape index (κ2) is 11.3. The van der Waals surface area contributed by atoms with Gasteiger partial charge in [-0.05, 0) is 76.4 Å². The average Bonchev–Trinajstić information content (AvgIpc) is 2.94. The summed E-state index contributed by atoms with van der Waals surface area (Å²) >= 11 is 3.53. The molecule has 0 aliphatic carbocycles. The summed E-state index contributed by atoms with van der Waals surface area (Å²) in [6.07, 6.45) is 5.64. The number of rotatable bonds is 6. The highest BCUT2D eigenvalue weighted by Gasteiger charge is 2.39. The Bertz CT molecular complexity index is 1260. The third kappa shape index (κ3) is 5.55. The molecule has 0 bridgehead atoms. The van der Waals surface area contributed by atoms with Gasteiger partial charge in [-0.25, -0.2) is 0 Å². The van der Waals surface area contributed by atoms with Gasteiger partial charge in [-0.15, -0.1) is 0 Å². The lowest BCUT2D eigenvalue weighted by molar-refractivity contribution is 0.0162. The summed E-state index contributed by atoms with van der Waals surface area (Å²) < 4.78 is 1.06. The predicted molar refractivity (Wildman–Crippen MR) is 150 cm³/mol. The van der Waals surface area contributed by atoms with E-state index in [4.69, 9.17) is 4.84 Å². The number of halogens is 1. The smallest absolute Gasteiger partial charge is 0.256 e. The minimum Gasteiger partial charge on any atom is -0.396 e. The number of carbonyl (C=O) groups is 1. The molecule has 0 radical (unpaired) electrons. The van der Waals surface area contributed by atoms with Gasteiger partial charge in [0.25, 0.3) is 5.91 Å². The average molecular weight is 565 g/mol. The number of fused-ring (bicyclic) bond motifs is 1. The van der Waals surface area contributed by atoms with Crippen molar-refractivity contribution in [3.8, 4) is 0 Å². The molecule has 8 heteroatoms. The van der Waals surface area contributed by atoms with Crippen LogP contribution in [0.1, 0.15) is 55.5 Å². The number of oxime groups is 1. The molecule has 194 valence electrons. The SMILES string of the molecule is CCON=C(c1ccc(Br)cc1)C1CCN(C2(C)CCN(C(=O)c3cnnc4ccccc34)CC2)CC1. The first-order valence-corrected chi connectivity index (χ1v) is 14.0. The van der Waals surface area contributed by atoms with Gasteiger partial charge in [0.15, 0.2) is 0 Å². The van der Waals surface area contributed by atoms with Gasteiger partial charge in [0.2, 0.25) is 0 Å². The summed E-state index contributed by atoms with van der Waals surface area (Å²) in [4.78, 5) is 23.5. The van der Waals surface area contributed by atoms with Crippen LogP contribution < -0.4 is 0 Å². The number of aromatic nitrogens is 2. The van der Waals surface area contributed by atoms with Gasteiger partial charge in [0.05, 0.1) is 23.0 Å². The molecular formula is C29H34BrN5O2. The van der Waals surface area contributed by atoms with Crippen LogP contribution in [0.4, 0.5) is 0 Å². The van der Waals surface area contributed by atoms with E-state index in [-0.39, 0.29) is 11.4 Å². The maximum atomic E-state index is 13.4. The van der Waals surface area contributed by atoms with E-state index in [0.29, 0.717) is 18.1 Å². The fraction of sp³-hybridized carbons (Fsp3) is 0.448. The number of nitrogens with zero attached hydrogens (tertiary/aromatic N) is 5. The number of amides is 1. The Balaban J connectivity index is 1.21. The lowest BCUT2D eigenvalue weighted by Gasteiger charge is -2.49. The second-order valence-electron chi connectivity index (χ2n) is 10.2. The van der Waals surface area contributed by atoms with Crippen LogP contribution in [0.3, 0.4) is 0 Å². The fourth-order valence-corrected chi connectivity index (χ4v) is 5.93. The number of hydrogen-bond donors (Lipinski definition) is 0. The molecule has 0 spiro atoms. The normalized spacial score (nSPS) is 19.2. The van der Waals surface area contributed by atoms with Crippen LogP contribution in [0.5, 0.6) is 0 Å². The van der Waals surface area contributed by atoms with Crippen LogP contribution in [-0.4, -0.2) is 69.9 Å². The van der Waals surface area contributed by atoms with Crippen molar-refractivity contribution in [1.29, 1.82) is 0 Å². The standard InChI is InChI=1S/C29H34BrN5O2/c1-3-37-33-27(21-8-10-23(30)11-9-21)22-12-16-35(17-13-22)29(2)14-18-34(19-15-29)28(36)25-20-31-32-26-7-5-4-6-24(25)26/h4-11,20,22H,3,12-19H2,1-2H3. The zero-order valence-electron chi connectivity index (χ0n) is 21.6. The summed E-state index contributed by atoms with van der Waals surface area (Å²) in [5, 5.41) is 13.6. The lowest BCUT2D eigenvalue weighted by Crippen LogP contribution is -2.56. The molecule has 37 heavy (non-hydrogen) atoms. The van der Waals surface area contributed by atoms with Crippen molar-refractivity contribution in [3.63, 3.8) is 0 Å². The Morgan fingerprint density at radius 3 is 2.49 bits per heavy atom. The number of carbonyl (C=O) groups excluding carboxylic acids is 1. The van der Waals surface area contributed by atoms with E-state index in [9.17, 15) is 4.79 Å². The molecule has 2 fully saturated rings. The van der Waals surface area contributed by atoms with Gasteiger partial charge >= 0.3 is 0 Å². The maximum Gasteiger partial charge on any atom is 0.256 e. The van der Waals surface area contributed by atoms with Gasteiger partial charge in [-0.2, -0.15) is 10.2 Å². The largest absolute Gasteiger partial charge is 0.396 e. The van der Waals surface area contributed by atoms with Gasteiger partial charge in [0, 0.05) is 34.4 Å². The molecule has 2 saturated heterocycles. The highest BCUT2D eigenvalue weighted by molar-refractivity contribution is 9.10. The van der Waals surface area contributed by atoms with E-state index >= 15 is 0 Å². The number of hydrogen-bond acceptors (Lipinski definition) is 6. The zero-order chi connectivity index (χ0) is 25.8. The predicted octanol–water partition coefficient (Wildman–Crippen LogP) is 5.54. The van der Waals surface area contributed by atoms with E-state index in [2.05, 4.69) is 67.4 Å². The third-order valence-electron chi connectivity index (χ3n) is 7.98. The Labute approximate surface area is 227 Å². The van der Waals surface area contributed by atoms with E-state index in [1.165, 1.54) is 0 Å². The first-order valence-electron chi connectivity index (χ1n) is 13.2. The molecule has 3 aromatic rings. The van der Waals surface area contributed by atoms with E-state index in [1.54, 1.807) is 6.20 Å². The monoisotopic (exact) mass is 563 g/mol. The molecule has 1 aromatic heterocycles. The molecule has 0 unspecified atom stereocenters. The van der Waals surface area contributed by atoms with Crippen molar-refractivity contribution in [2.75, 3.05) is 32.8 Å². The first kappa shape index (κ1) is 25.8. The Morgan fingerprint density at radius 2 is 1.78 bits per heavy atom. The van der Waals surface area contributed by atoms with E-state index in [1.807, 2.05) is 36.1 Å². The Kier molecular flexibility index (Phi) is 7.86. The number of benzene rings is 2. The van der Waals surface area contributed by atoms with Crippen molar-refractivity contribution < 1.29 is 9.63 Å². The summed E-state index contributed by atoms with van der Waals surface area (Å²) in [6.45, 7) is 8.45. The highest BCUT2D eigenvalue weighted by Crippen LogP contribution is 2.34. The molecule has 5 rings (SSSR count). The van der Waals surface area contributed by atoms with Crippen LogP contribution in [0, 0.1) is 5.92 Å². The van der Waals surface area contributed by atoms with Crippen molar-refractivity contribution in [2.45, 2.75) is 45.1 Å². The molecule has 1 amide bonds. The van der Waals surface area contributed by atoms with Gasteiger partial charge in [0.1, 0.15) is 6.61 Å². The minimum atomic E-state index is 0.0538. The van der Waals surface area contributed by atoms with Crippen molar-refractivity contribution in [3.05, 3.63) is 70.3 Å². The molecule has 0 saturated carbocycles. The molecule has 0 N–H and O–H groups in total. The zero-order valence-corrected chi connectivity index (χ0v) is 23.2. The third-order valence-corrected chi connectivity index (χ3v) is 8.51. The maximum absolute atomic E-state index is 13.4. The molecule has 2 aliphatic heterocycles. The lowest BCUT2D eigenvalue weighted by atomic mass is 9.82. The second-order valence-corrected chi connectivity index (χ2v) is 11.1. The summed E-state index contributed by atoms with van der Waals surface area (Å²) in [5.41, 5.74) is 3.68. The minimum absolute atomic E-state index is 0.0538. The van der Waals surface area contributed by atoms with Crippen LogP contribution in [0.25, 0.3) is 10.9 Å². The summed E-state index contributed by atoms with van der Waals surface area (Å²) in [6, 6.07) is 16.1. The highest BCUT2D eigenvalue weighted by atomic mass is 79.9. The summed E-state index contributed by atoms with van der Waals surface area (Å²) in [7, 11) is 0. The quantitative estimate of drug-likeness (QED) is 0.291. The molecule has 2 aromatic carbocycles. The molecule has 0 atom stereocenters. The van der Waals surface area contributed by atoms with Crippen LogP contribution in [0.2, 0.25) is 0 Å². The fourth-order valence-electron chi connectivity index (χ4n) is 5.67. The van der Waals surface area contributed by atoms with Crippen molar-refractivity contribution >= 4 is 38.5 Å². The van der Waals surface area contributed by atoms with Crippen molar-refractivity contribution in [1.82, 2.24) is 20.0 Å². The van der Waals surface area contributed by atoms with Crippen molar-refractivity contribution in [2.24, 2.45) is 11.1 Å². The van der Waals surface area contributed by atoms with Gasteiger partial charge in [-0.3, -0.25) is 9.69 Å². The molecule has 2 aliphatic rings. The summed E-state index contributed by atoms with van der Waals surface area (Å²) in [5.74, 6) is 0.430. The van der Waals surface area contributed by atoms with Gasteiger partial charge < -0.3 is 9.74 Å². The molecule has 3 heterocycles. The number of piperidine rings is 2. The number of likely N-dealkylation sites (tertiary alicyclic amines) is 2. The Hall–Kier alpha value is -2.84. The van der Waals surface area contributed by atoms with Crippen LogP contribution >= 0.6 is 15.9 Å². The Morgan fingerprint density at radius 1 is 1.08 bits per heavy atom. The molecular weight excluding hydrogens is 530 g/mol. The first-order chi connectivity index (χ1) is 18.0. The van der Waals surface area contributed by atoms with Gasteiger partial charge in [-0.1, -0.05) is 51.4 Å². The van der Waals surface area contributed by atoms with Crippen LogP contribution in [-0.2, 0) is 4.84 Å².